The normalized spacial score (nSPS) is 18.1. The van der Waals surface area contributed by atoms with Gasteiger partial charge in [0.1, 0.15) is 0 Å². The highest BCUT2D eigenvalue weighted by Crippen LogP contribution is 2.30. The largest absolute Gasteiger partial charge is 0.305 e. The fourth-order valence-corrected chi connectivity index (χ4v) is 1.97. The van der Waals surface area contributed by atoms with Crippen molar-refractivity contribution in [2.45, 2.75) is 45.7 Å². The van der Waals surface area contributed by atoms with Gasteiger partial charge in [-0.15, -0.1) is 6.42 Å². The molecule has 0 bridgehead atoms. The molecular formula is C13H24N2. The third-order valence-electron chi connectivity index (χ3n) is 3.06. The van der Waals surface area contributed by atoms with Gasteiger partial charge < -0.3 is 5.32 Å². The van der Waals surface area contributed by atoms with Crippen molar-refractivity contribution in [3.05, 3.63) is 0 Å². The molecule has 0 aliphatic heterocycles. The second kappa shape index (κ2) is 6.15. The first kappa shape index (κ1) is 12.5. The zero-order chi connectivity index (χ0) is 11.3. The van der Waals surface area contributed by atoms with Crippen LogP contribution >= 0.6 is 0 Å². The highest BCUT2D eigenvalue weighted by molar-refractivity contribution is 4.88. The van der Waals surface area contributed by atoms with Gasteiger partial charge in [0.25, 0.3) is 0 Å². The number of nitrogens with zero attached hydrogens (tertiary/aromatic N) is 1. The van der Waals surface area contributed by atoms with Crippen LogP contribution in [0.1, 0.15) is 33.6 Å². The van der Waals surface area contributed by atoms with E-state index in [1.807, 2.05) is 0 Å². The smallest absolute Gasteiger partial charge is 0.0574 e. The molecule has 1 aliphatic carbocycles. The summed E-state index contributed by atoms with van der Waals surface area (Å²) < 4.78 is 0. The summed E-state index contributed by atoms with van der Waals surface area (Å²) in [5, 5.41) is 3.29. The molecule has 2 nitrogen and oxygen atoms in total. The van der Waals surface area contributed by atoms with Gasteiger partial charge in [-0.1, -0.05) is 5.92 Å². The zero-order valence-electron chi connectivity index (χ0n) is 10.3. The zero-order valence-corrected chi connectivity index (χ0v) is 10.3. The molecule has 0 radical (unpaired) electrons. The molecule has 2 heteroatoms. The van der Waals surface area contributed by atoms with Crippen molar-refractivity contribution < 1.29 is 0 Å². The number of terminal acetylenes is 1. The monoisotopic (exact) mass is 208 g/mol. The van der Waals surface area contributed by atoms with Gasteiger partial charge in [-0.2, -0.15) is 0 Å². The first-order valence-corrected chi connectivity index (χ1v) is 6.05. The molecular weight excluding hydrogens is 184 g/mol. The molecule has 1 atom stereocenters. The van der Waals surface area contributed by atoms with Crippen LogP contribution in [0.2, 0.25) is 0 Å². The molecule has 1 fully saturated rings. The lowest BCUT2D eigenvalue weighted by Gasteiger charge is -2.33. The van der Waals surface area contributed by atoms with E-state index in [1.54, 1.807) is 0 Å². The van der Waals surface area contributed by atoms with Crippen molar-refractivity contribution in [2.24, 2.45) is 5.92 Å². The lowest BCUT2D eigenvalue weighted by molar-refractivity contribution is 0.154. The molecule has 0 aromatic rings. The fraction of sp³-hybridized carbons (Fsp3) is 0.846. The Bertz CT molecular complexity index is 213. The van der Waals surface area contributed by atoms with Gasteiger partial charge in [0, 0.05) is 25.2 Å². The van der Waals surface area contributed by atoms with E-state index in [2.05, 4.69) is 36.9 Å². The van der Waals surface area contributed by atoms with Crippen molar-refractivity contribution >= 4 is 0 Å². The summed E-state index contributed by atoms with van der Waals surface area (Å²) >= 11 is 0. The predicted molar refractivity (Wildman–Crippen MR) is 65.7 cm³/mol. The first-order chi connectivity index (χ1) is 7.15. The quantitative estimate of drug-likeness (QED) is 0.506. The predicted octanol–water partition coefficient (Wildman–Crippen LogP) is 1.72. The van der Waals surface area contributed by atoms with Crippen molar-refractivity contribution in [3.63, 3.8) is 0 Å². The summed E-state index contributed by atoms with van der Waals surface area (Å²) in [7, 11) is 0. The maximum absolute atomic E-state index is 5.22. The van der Waals surface area contributed by atoms with E-state index in [0.717, 1.165) is 12.5 Å². The van der Waals surface area contributed by atoms with E-state index in [-0.39, 0.29) is 0 Å². The van der Waals surface area contributed by atoms with Crippen LogP contribution in [-0.2, 0) is 0 Å². The summed E-state index contributed by atoms with van der Waals surface area (Å²) in [4.78, 5) is 2.58. The highest BCUT2D eigenvalue weighted by Gasteiger charge is 2.27. The lowest BCUT2D eigenvalue weighted by atomic mass is 10.2. The minimum atomic E-state index is 0.582. The van der Waals surface area contributed by atoms with E-state index in [9.17, 15) is 0 Å². The van der Waals surface area contributed by atoms with Crippen molar-refractivity contribution in [3.8, 4) is 12.3 Å². The molecule has 86 valence electrons. The Morgan fingerprint density at radius 1 is 1.40 bits per heavy atom. The molecule has 1 saturated carbocycles. The van der Waals surface area contributed by atoms with Crippen LogP contribution in [0, 0.1) is 18.3 Å². The van der Waals surface area contributed by atoms with Crippen LogP contribution in [0.25, 0.3) is 0 Å². The third-order valence-corrected chi connectivity index (χ3v) is 3.06. The first-order valence-electron chi connectivity index (χ1n) is 6.05. The van der Waals surface area contributed by atoms with Crippen molar-refractivity contribution in [1.82, 2.24) is 10.2 Å². The molecule has 15 heavy (non-hydrogen) atoms. The maximum atomic E-state index is 5.22. The minimum Gasteiger partial charge on any atom is -0.305 e. The average molecular weight is 208 g/mol. The van der Waals surface area contributed by atoms with E-state index < -0.39 is 0 Å². The molecule has 0 amide bonds. The number of hydrogen-bond acceptors (Lipinski definition) is 2. The lowest BCUT2D eigenvalue weighted by Crippen LogP contribution is -2.45. The third kappa shape index (κ3) is 4.68. The van der Waals surface area contributed by atoms with Gasteiger partial charge in [-0.3, -0.25) is 4.90 Å². The summed E-state index contributed by atoms with van der Waals surface area (Å²) in [6.45, 7) is 9.78. The van der Waals surface area contributed by atoms with Gasteiger partial charge in [-0.25, -0.2) is 0 Å². The number of nitrogens with one attached hydrogen (secondary N) is 1. The van der Waals surface area contributed by atoms with E-state index in [0.29, 0.717) is 18.6 Å². The molecule has 0 saturated heterocycles. The molecule has 1 N–H and O–H groups in total. The van der Waals surface area contributed by atoms with Gasteiger partial charge >= 0.3 is 0 Å². The van der Waals surface area contributed by atoms with Gasteiger partial charge in [-0.05, 0) is 39.5 Å². The van der Waals surface area contributed by atoms with Gasteiger partial charge in [0.2, 0.25) is 0 Å². The Labute approximate surface area is 94.4 Å². The van der Waals surface area contributed by atoms with Crippen LogP contribution < -0.4 is 5.32 Å². The van der Waals surface area contributed by atoms with Crippen molar-refractivity contribution in [1.29, 1.82) is 0 Å². The summed E-state index contributed by atoms with van der Waals surface area (Å²) in [6.07, 6.45) is 8.06. The SMILES string of the molecule is C#CCNCC(C)N(CC1CC1)C(C)C. The van der Waals surface area contributed by atoms with Crippen LogP contribution in [0.5, 0.6) is 0 Å². The minimum absolute atomic E-state index is 0.582. The Hall–Kier alpha value is -0.520. The summed E-state index contributed by atoms with van der Waals surface area (Å²) in [5.41, 5.74) is 0. The van der Waals surface area contributed by atoms with E-state index in [1.165, 1.54) is 19.4 Å². The summed E-state index contributed by atoms with van der Waals surface area (Å²) in [6, 6.07) is 1.21. The molecule has 0 aromatic heterocycles. The van der Waals surface area contributed by atoms with Crippen LogP contribution in [0.15, 0.2) is 0 Å². The number of hydrogen-bond donors (Lipinski definition) is 1. The van der Waals surface area contributed by atoms with E-state index >= 15 is 0 Å². The summed E-state index contributed by atoms with van der Waals surface area (Å²) in [5.74, 6) is 3.58. The Morgan fingerprint density at radius 2 is 2.07 bits per heavy atom. The topological polar surface area (TPSA) is 15.3 Å². The Morgan fingerprint density at radius 3 is 2.53 bits per heavy atom. The number of rotatable bonds is 7. The van der Waals surface area contributed by atoms with Gasteiger partial charge in [0.15, 0.2) is 0 Å². The fourth-order valence-electron chi connectivity index (χ4n) is 1.97. The molecule has 0 heterocycles. The second-order valence-electron chi connectivity index (χ2n) is 4.92. The highest BCUT2D eigenvalue weighted by atomic mass is 15.2. The van der Waals surface area contributed by atoms with Crippen LogP contribution in [0.4, 0.5) is 0 Å². The molecule has 0 aromatic carbocycles. The van der Waals surface area contributed by atoms with Crippen molar-refractivity contribution in [2.75, 3.05) is 19.6 Å². The van der Waals surface area contributed by atoms with E-state index in [4.69, 9.17) is 6.42 Å². The Kier molecular flexibility index (Phi) is 5.14. The molecule has 0 spiro atoms. The molecule has 1 aliphatic rings. The maximum Gasteiger partial charge on any atom is 0.0574 e. The second-order valence-corrected chi connectivity index (χ2v) is 4.92. The molecule has 1 unspecified atom stereocenters. The standard InChI is InChI=1S/C13H24N2/c1-5-8-14-9-12(4)15(11(2)3)10-13-6-7-13/h1,11-14H,6-10H2,2-4H3. The van der Waals surface area contributed by atoms with Crippen LogP contribution in [0.3, 0.4) is 0 Å². The average Bonchev–Trinajstić information content (AvgIpc) is 2.97. The van der Waals surface area contributed by atoms with Gasteiger partial charge in [0.05, 0.1) is 6.54 Å². The van der Waals surface area contributed by atoms with Crippen LogP contribution in [-0.4, -0.2) is 36.6 Å². The molecule has 1 rings (SSSR count). The Balaban J connectivity index is 2.29.